The number of halogens is 1. The second-order valence-electron chi connectivity index (χ2n) is 3.06. The monoisotopic (exact) mass is 243 g/mol. The quantitative estimate of drug-likeness (QED) is 0.882. The van der Waals surface area contributed by atoms with E-state index < -0.39 is 6.10 Å². The van der Waals surface area contributed by atoms with E-state index in [0.29, 0.717) is 0 Å². The standard InChI is InChI=1S/C10H14BrNO/c1-2-3-4-10(13)9-6-5-8(11)7-12-9/h5-7,10,13H,2-4H2,1H3. The Morgan fingerprint density at radius 2 is 2.31 bits per heavy atom. The van der Waals surface area contributed by atoms with E-state index >= 15 is 0 Å². The number of unbranched alkanes of at least 4 members (excludes halogenated alkanes) is 1. The maximum atomic E-state index is 9.66. The van der Waals surface area contributed by atoms with Gasteiger partial charge in [-0.1, -0.05) is 19.8 Å². The minimum absolute atomic E-state index is 0.409. The van der Waals surface area contributed by atoms with Crippen LogP contribution in [0.2, 0.25) is 0 Å². The highest BCUT2D eigenvalue weighted by atomic mass is 79.9. The minimum Gasteiger partial charge on any atom is -0.387 e. The zero-order valence-corrected chi connectivity index (χ0v) is 9.29. The van der Waals surface area contributed by atoms with Crippen molar-refractivity contribution in [3.05, 3.63) is 28.5 Å². The molecule has 72 valence electrons. The molecule has 0 aromatic carbocycles. The molecule has 0 aliphatic rings. The van der Waals surface area contributed by atoms with Crippen molar-refractivity contribution in [2.45, 2.75) is 32.3 Å². The van der Waals surface area contributed by atoms with Crippen LogP contribution in [0.1, 0.15) is 38.0 Å². The third-order valence-corrected chi connectivity index (χ3v) is 2.39. The van der Waals surface area contributed by atoms with Crippen molar-refractivity contribution in [2.24, 2.45) is 0 Å². The first-order valence-corrected chi connectivity index (χ1v) is 5.33. The summed E-state index contributed by atoms with van der Waals surface area (Å²) in [6.45, 7) is 2.11. The molecule has 1 N–H and O–H groups in total. The van der Waals surface area contributed by atoms with Crippen molar-refractivity contribution < 1.29 is 5.11 Å². The summed E-state index contributed by atoms with van der Waals surface area (Å²) in [5.74, 6) is 0. The SMILES string of the molecule is CCCCC(O)c1ccc(Br)cn1. The summed E-state index contributed by atoms with van der Waals surface area (Å²) in [7, 11) is 0. The Hall–Kier alpha value is -0.410. The van der Waals surface area contributed by atoms with Gasteiger partial charge in [0.1, 0.15) is 0 Å². The highest BCUT2D eigenvalue weighted by Gasteiger charge is 2.07. The van der Waals surface area contributed by atoms with Crippen LogP contribution in [0.25, 0.3) is 0 Å². The van der Waals surface area contributed by atoms with E-state index in [0.717, 1.165) is 29.4 Å². The molecule has 1 aromatic heterocycles. The van der Waals surface area contributed by atoms with Gasteiger partial charge < -0.3 is 5.11 Å². The minimum atomic E-state index is -0.409. The smallest absolute Gasteiger partial charge is 0.0959 e. The van der Waals surface area contributed by atoms with Gasteiger partial charge in [-0.25, -0.2) is 0 Å². The first-order chi connectivity index (χ1) is 6.24. The van der Waals surface area contributed by atoms with Crippen LogP contribution in [0.4, 0.5) is 0 Å². The molecule has 1 rings (SSSR count). The molecule has 0 aliphatic heterocycles. The summed E-state index contributed by atoms with van der Waals surface area (Å²) in [4.78, 5) is 4.13. The van der Waals surface area contributed by atoms with E-state index in [1.807, 2.05) is 12.1 Å². The Morgan fingerprint density at radius 1 is 1.54 bits per heavy atom. The van der Waals surface area contributed by atoms with Crippen LogP contribution in [0.3, 0.4) is 0 Å². The molecule has 3 heteroatoms. The van der Waals surface area contributed by atoms with Gasteiger partial charge in [-0.05, 0) is 34.5 Å². The Bertz CT molecular complexity index is 248. The zero-order valence-electron chi connectivity index (χ0n) is 7.70. The van der Waals surface area contributed by atoms with Gasteiger partial charge in [0.15, 0.2) is 0 Å². The van der Waals surface area contributed by atoms with Crippen LogP contribution in [0, 0.1) is 0 Å². The summed E-state index contributed by atoms with van der Waals surface area (Å²) in [5, 5.41) is 9.66. The molecule has 1 atom stereocenters. The van der Waals surface area contributed by atoms with Crippen LogP contribution in [-0.4, -0.2) is 10.1 Å². The van der Waals surface area contributed by atoms with Gasteiger partial charge in [-0.2, -0.15) is 0 Å². The maximum Gasteiger partial charge on any atom is 0.0959 e. The van der Waals surface area contributed by atoms with E-state index in [1.165, 1.54) is 0 Å². The van der Waals surface area contributed by atoms with Crippen LogP contribution in [-0.2, 0) is 0 Å². The van der Waals surface area contributed by atoms with E-state index in [9.17, 15) is 5.11 Å². The normalized spacial score (nSPS) is 12.8. The molecule has 0 aliphatic carbocycles. The summed E-state index contributed by atoms with van der Waals surface area (Å²) in [6.07, 6.45) is 4.25. The topological polar surface area (TPSA) is 33.1 Å². The van der Waals surface area contributed by atoms with Gasteiger partial charge in [0, 0.05) is 10.7 Å². The molecular weight excluding hydrogens is 230 g/mol. The number of hydrogen-bond donors (Lipinski definition) is 1. The number of hydrogen-bond acceptors (Lipinski definition) is 2. The van der Waals surface area contributed by atoms with Gasteiger partial charge in [-0.3, -0.25) is 4.98 Å². The second-order valence-corrected chi connectivity index (χ2v) is 3.97. The molecule has 1 aromatic rings. The summed E-state index contributed by atoms with van der Waals surface area (Å²) in [6, 6.07) is 3.75. The lowest BCUT2D eigenvalue weighted by Gasteiger charge is -2.08. The first kappa shape index (κ1) is 10.7. The van der Waals surface area contributed by atoms with Crippen molar-refractivity contribution in [1.82, 2.24) is 4.98 Å². The lowest BCUT2D eigenvalue weighted by Crippen LogP contribution is -1.99. The predicted molar refractivity (Wildman–Crippen MR) is 56.4 cm³/mol. The predicted octanol–water partition coefficient (Wildman–Crippen LogP) is 3.07. The van der Waals surface area contributed by atoms with Crippen molar-refractivity contribution in [2.75, 3.05) is 0 Å². The molecule has 0 fully saturated rings. The van der Waals surface area contributed by atoms with Gasteiger partial charge in [0.25, 0.3) is 0 Å². The molecule has 2 nitrogen and oxygen atoms in total. The Morgan fingerprint density at radius 3 is 2.85 bits per heavy atom. The van der Waals surface area contributed by atoms with E-state index in [2.05, 4.69) is 27.8 Å². The second kappa shape index (κ2) is 5.35. The van der Waals surface area contributed by atoms with E-state index in [4.69, 9.17) is 0 Å². The highest BCUT2D eigenvalue weighted by molar-refractivity contribution is 9.10. The van der Waals surface area contributed by atoms with Crippen LogP contribution < -0.4 is 0 Å². The molecule has 1 unspecified atom stereocenters. The van der Waals surface area contributed by atoms with Gasteiger partial charge >= 0.3 is 0 Å². The number of aliphatic hydroxyl groups is 1. The number of pyridine rings is 1. The average Bonchev–Trinajstić information content (AvgIpc) is 2.15. The third-order valence-electron chi connectivity index (χ3n) is 1.92. The van der Waals surface area contributed by atoms with Crippen LogP contribution in [0.5, 0.6) is 0 Å². The molecule has 0 spiro atoms. The molecule has 0 radical (unpaired) electrons. The molecule has 1 heterocycles. The molecule has 0 amide bonds. The number of aliphatic hydroxyl groups excluding tert-OH is 1. The Labute approximate surface area is 87.1 Å². The maximum absolute atomic E-state index is 9.66. The lowest BCUT2D eigenvalue weighted by molar-refractivity contribution is 0.159. The highest BCUT2D eigenvalue weighted by Crippen LogP contribution is 2.18. The van der Waals surface area contributed by atoms with Crippen molar-refractivity contribution in [3.8, 4) is 0 Å². The van der Waals surface area contributed by atoms with Gasteiger partial charge in [0.05, 0.1) is 11.8 Å². The van der Waals surface area contributed by atoms with E-state index in [1.54, 1.807) is 6.20 Å². The zero-order chi connectivity index (χ0) is 9.68. The van der Waals surface area contributed by atoms with Gasteiger partial charge in [-0.15, -0.1) is 0 Å². The number of rotatable bonds is 4. The van der Waals surface area contributed by atoms with Crippen molar-refractivity contribution in [1.29, 1.82) is 0 Å². The molecule has 13 heavy (non-hydrogen) atoms. The number of aromatic nitrogens is 1. The Kier molecular flexibility index (Phi) is 4.39. The fraction of sp³-hybridized carbons (Fsp3) is 0.500. The molecule has 0 saturated carbocycles. The lowest BCUT2D eigenvalue weighted by atomic mass is 10.1. The Balaban J connectivity index is 2.55. The van der Waals surface area contributed by atoms with Crippen molar-refractivity contribution >= 4 is 15.9 Å². The first-order valence-electron chi connectivity index (χ1n) is 4.53. The number of nitrogens with zero attached hydrogens (tertiary/aromatic N) is 1. The molecular formula is C10H14BrNO. The molecule has 0 saturated heterocycles. The largest absolute Gasteiger partial charge is 0.387 e. The average molecular weight is 244 g/mol. The van der Waals surface area contributed by atoms with Gasteiger partial charge in [0.2, 0.25) is 0 Å². The summed E-state index contributed by atoms with van der Waals surface area (Å²) < 4.78 is 0.943. The fourth-order valence-electron chi connectivity index (χ4n) is 1.13. The van der Waals surface area contributed by atoms with Crippen LogP contribution in [0.15, 0.2) is 22.8 Å². The summed E-state index contributed by atoms with van der Waals surface area (Å²) >= 11 is 3.30. The molecule has 0 bridgehead atoms. The van der Waals surface area contributed by atoms with E-state index in [-0.39, 0.29) is 0 Å². The summed E-state index contributed by atoms with van der Waals surface area (Å²) in [5.41, 5.74) is 0.761. The fourth-order valence-corrected chi connectivity index (χ4v) is 1.36. The third kappa shape index (κ3) is 3.44. The van der Waals surface area contributed by atoms with Crippen molar-refractivity contribution in [3.63, 3.8) is 0 Å². The van der Waals surface area contributed by atoms with Crippen LogP contribution >= 0.6 is 15.9 Å².